The van der Waals surface area contributed by atoms with Gasteiger partial charge in [-0.15, -0.1) is 0 Å². The van der Waals surface area contributed by atoms with Crippen LogP contribution in [0.25, 0.3) is 0 Å². The minimum Gasteiger partial charge on any atom is -0.466 e. The van der Waals surface area contributed by atoms with Crippen LogP contribution in [0.4, 0.5) is 4.79 Å². The van der Waals surface area contributed by atoms with Crippen molar-refractivity contribution in [3.05, 3.63) is 0 Å². The number of hydrogen-bond acceptors (Lipinski definition) is 7. The highest BCUT2D eigenvalue weighted by Gasteiger charge is 2.16. The summed E-state index contributed by atoms with van der Waals surface area (Å²) in [5.74, 6) is 0.649. The predicted octanol–water partition coefficient (Wildman–Crippen LogP) is 12.9. The molecule has 0 aromatic rings. The fraction of sp³-hybridized carbons (Fsp3) is 0.935. The Bertz CT molecular complexity index is 858. The van der Waals surface area contributed by atoms with E-state index in [0.29, 0.717) is 31.9 Å². The number of nitrogens with one attached hydrogen (secondary N) is 1. The second-order valence-corrected chi connectivity index (χ2v) is 16.9. The van der Waals surface area contributed by atoms with Crippen LogP contribution in [0.3, 0.4) is 0 Å². The zero-order chi connectivity index (χ0) is 40.1. The van der Waals surface area contributed by atoms with Crippen LogP contribution in [0, 0.1) is 5.92 Å². The van der Waals surface area contributed by atoms with Crippen LogP contribution in [-0.4, -0.2) is 67.4 Å². The number of esters is 2. The van der Waals surface area contributed by atoms with E-state index < -0.39 is 5.60 Å². The molecule has 0 atom stereocenters. The van der Waals surface area contributed by atoms with Crippen LogP contribution in [0.2, 0.25) is 0 Å². The molecule has 0 rings (SSSR count). The van der Waals surface area contributed by atoms with E-state index in [-0.39, 0.29) is 24.1 Å². The van der Waals surface area contributed by atoms with Gasteiger partial charge in [-0.05, 0) is 97.7 Å². The highest BCUT2D eigenvalue weighted by atomic mass is 16.6. The highest BCUT2D eigenvalue weighted by Crippen LogP contribution is 2.21. The van der Waals surface area contributed by atoms with E-state index in [0.717, 1.165) is 135 Å². The SMILES string of the molecule is CCCCCC(CCCCC)CCOC(=O)CCCCCCCN(CCCCCCCC(=O)OC(CCCC)CCCC)CCCNC(=O)OC(C)(C)C. The number of unbranched alkanes of at least 4 members (excludes halogenated alkanes) is 14. The number of carbonyl (C=O) groups excluding carboxylic acids is 3. The van der Waals surface area contributed by atoms with Gasteiger partial charge in [0.05, 0.1) is 6.61 Å². The third-order valence-electron chi connectivity index (χ3n) is 10.3. The van der Waals surface area contributed by atoms with Crippen molar-refractivity contribution in [3.63, 3.8) is 0 Å². The zero-order valence-electron chi connectivity index (χ0n) is 36.9. The number of hydrogen-bond donors (Lipinski definition) is 1. The Morgan fingerprint density at radius 2 is 1.02 bits per heavy atom. The Kier molecular flexibility index (Phi) is 35.5. The van der Waals surface area contributed by atoms with Gasteiger partial charge in [0, 0.05) is 19.4 Å². The number of nitrogens with zero attached hydrogens (tertiary/aromatic N) is 1. The van der Waals surface area contributed by atoms with Gasteiger partial charge in [-0.3, -0.25) is 9.59 Å². The van der Waals surface area contributed by atoms with Gasteiger partial charge in [-0.1, -0.05) is 143 Å². The number of alkyl carbamates (subject to hydrolysis) is 1. The molecule has 0 fully saturated rings. The maximum atomic E-state index is 12.4. The maximum Gasteiger partial charge on any atom is 0.407 e. The largest absolute Gasteiger partial charge is 0.466 e. The molecule has 0 saturated carbocycles. The molecule has 0 heterocycles. The highest BCUT2D eigenvalue weighted by molar-refractivity contribution is 5.69. The predicted molar refractivity (Wildman–Crippen MR) is 227 cm³/mol. The Hall–Kier alpha value is -1.83. The summed E-state index contributed by atoms with van der Waals surface area (Å²) in [6.45, 7) is 18.8. The van der Waals surface area contributed by atoms with Gasteiger partial charge in [0.2, 0.25) is 0 Å². The molecule has 8 nitrogen and oxygen atoms in total. The van der Waals surface area contributed by atoms with Crippen molar-refractivity contribution in [3.8, 4) is 0 Å². The zero-order valence-corrected chi connectivity index (χ0v) is 36.9. The van der Waals surface area contributed by atoms with Crippen LogP contribution >= 0.6 is 0 Å². The number of amides is 1. The standard InChI is InChI=1S/C46H90N2O6/c1-8-12-22-29-41(30-23-13-9-2)35-40-52-43(49)33-24-18-16-20-26-37-48(39-28-36-47-45(51)54-46(5,6)7)38-27-21-17-19-25-34-44(50)53-42(31-14-10-3)32-15-11-4/h41-42H,8-40H2,1-7H3,(H,47,51). The van der Waals surface area contributed by atoms with Gasteiger partial charge in [0.15, 0.2) is 0 Å². The van der Waals surface area contributed by atoms with Crippen molar-refractivity contribution < 1.29 is 28.6 Å². The molecule has 0 aliphatic heterocycles. The van der Waals surface area contributed by atoms with E-state index in [9.17, 15) is 14.4 Å². The van der Waals surface area contributed by atoms with Crippen LogP contribution in [-0.2, 0) is 23.8 Å². The minimum absolute atomic E-state index is 0.0204. The van der Waals surface area contributed by atoms with Crippen molar-refractivity contribution >= 4 is 18.0 Å². The lowest BCUT2D eigenvalue weighted by atomic mass is 9.92. The summed E-state index contributed by atoms with van der Waals surface area (Å²) >= 11 is 0. The van der Waals surface area contributed by atoms with E-state index in [2.05, 4.69) is 37.9 Å². The van der Waals surface area contributed by atoms with E-state index >= 15 is 0 Å². The lowest BCUT2D eigenvalue weighted by molar-refractivity contribution is -0.150. The number of ether oxygens (including phenoxy) is 3. The lowest BCUT2D eigenvalue weighted by Gasteiger charge is -2.23. The molecule has 0 bridgehead atoms. The van der Waals surface area contributed by atoms with E-state index in [1.54, 1.807) is 0 Å². The lowest BCUT2D eigenvalue weighted by Crippen LogP contribution is -2.35. The summed E-state index contributed by atoms with van der Waals surface area (Å²) in [5.41, 5.74) is -0.493. The Morgan fingerprint density at radius 3 is 1.54 bits per heavy atom. The normalized spacial score (nSPS) is 11.8. The average molecular weight is 767 g/mol. The first-order chi connectivity index (χ1) is 26.0. The second kappa shape index (κ2) is 36.8. The van der Waals surface area contributed by atoms with Gasteiger partial charge < -0.3 is 24.4 Å². The van der Waals surface area contributed by atoms with Crippen molar-refractivity contribution in [2.75, 3.05) is 32.8 Å². The fourth-order valence-electron chi connectivity index (χ4n) is 6.99. The Balaban J connectivity index is 4.43. The van der Waals surface area contributed by atoms with Crippen molar-refractivity contribution in [1.29, 1.82) is 0 Å². The number of carbonyl (C=O) groups is 3. The molecule has 0 aliphatic carbocycles. The van der Waals surface area contributed by atoms with Crippen LogP contribution in [0.15, 0.2) is 0 Å². The third-order valence-corrected chi connectivity index (χ3v) is 10.3. The molecule has 54 heavy (non-hydrogen) atoms. The van der Waals surface area contributed by atoms with E-state index in [1.165, 1.54) is 51.4 Å². The second-order valence-electron chi connectivity index (χ2n) is 16.9. The molecule has 0 spiro atoms. The Morgan fingerprint density at radius 1 is 0.537 bits per heavy atom. The summed E-state index contributed by atoms with van der Waals surface area (Å²) in [6, 6.07) is 0. The molecule has 0 saturated heterocycles. The molecule has 8 heteroatoms. The molecule has 0 aliphatic rings. The molecule has 1 N–H and O–H groups in total. The van der Waals surface area contributed by atoms with Crippen LogP contribution in [0.1, 0.15) is 228 Å². The summed E-state index contributed by atoms with van der Waals surface area (Å²) in [5, 5.41) is 2.90. The van der Waals surface area contributed by atoms with Crippen LogP contribution in [0.5, 0.6) is 0 Å². The maximum absolute atomic E-state index is 12.4. The summed E-state index contributed by atoms with van der Waals surface area (Å²) in [7, 11) is 0. The van der Waals surface area contributed by atoms with Gasteiger partial charge in [-0.25, -0.2) is 4.79 Å². The topological polar surface area (TPSA) is 94.2 Å². The van der Waals surface area contributed by atoms with Crippen molar-refractivity contribution in [2.45, 2.75) is 240 Å². The molecule has 0 aromatic carbocycles. The molecular formula is C46H90N2O6. The van der Waals surface area contributed by atoms with Crippen molar-refractivity contribution in [1.82, 2.24) is 10.2 Å². The quantitative estimate of drug-likeness (QED) is 0.0380. The molecule has 1 amide bonds. The summed E-state index contributed by atoms with van der Waals surface area (Å²) in [4.78, 5) is 39.5. The number of rotatable bonds is 38. The van der Waals surface area contributed by atoms with E-state index in [4.69, 9.17) is 14.2 Å². The fourth-order valence-corrected chi connectivity index (χ4v) is 6.99. The van der Waals surface area contributed by atoms with Gasteiger partial charge >= 0.3 is 18.0 Å². The summed E-state index contributed by atoms with van der Waals surface area (Å²) < 4.78 is 16.9. The third kappa shape index (κ3) is 35.8. The van der Waals surface area contributed by atoms with Gasteiger partial charge in [0.25, 0.3) is 0 Å². The average Bonchev–Trinajstić information content (AvgIpc) is 3.12. The molecule has 0 radical (unpaired) electrons. The minimum atomic E-state index is -0.493. The monoisotopic (exact) mass is 767 g/mol. The molecular weight excluding hydrogens is 677 g/mol. The first-order valence-electron chi connectivity index (χ1n) is 23.1. The van der Waals surface area contributed by atoms with Crippen LogP contribution < -0.4 is 5.32 Å². The molecule has 0 aromatic heterocycles. The smallest absolute Gasteiger partial charge is 0.407 e. The van der Waals surface area contributed by atoms with Crippen molar-refractivity contribution in [2.24, 2.45) is 5.92 Å². The Labute approximate surface area is 334 Å². The van der Waals surface area contributed by atoms with Gasteiger partial charge in [-0.2, -0.15) is 0 Å². The first-order valence-corrected chi connectivity index (χ1v) is 23.1. The molecule has 320 valence electrons. The van der Waals surface area contributed by atoms with Gasteiger partial charge in [0.1, 0.15) is 11.7 Å². The first kappa shape index (κ1) is 52.2. The van der Waals surface area contributed by atoms with E-state index in [1.807, 2.05) is 20.8 Å². The molecule has 0 unspecified atom stereocenters. The summed E-state index contributed by atoms with van der Waals surface area (Å²) in [6.07, 6.45) is 30.3.